The van der Waals surface area contributed by atoms with Gasteiger partial charge in [-0.15, -0.1) is 0 Å². The lowest BCUT2D eigenvalue weighted by atomic mass is 10.0. The summed E-state index contributed by atoms with van der Waals surface area (Å²) in [5, 5.41) is 5.22. The van der Waals surface area contributed by atoms with Gasteiger partial charge in [0.1, 0.15) is 0 Å². The number of piperidine rings is 1. The number of rotatable bonds is 2. The average Bonchev–Trinajstić information content (AvgIpc) is 2.39. The second kappa shape index (κ2) is 5.75. The highest BCUT2D eigenvalue weighted by molar-refractivity contribution is 7.89. The van der Waals surface area contributed by atoms with Gasteiger partial charge in [-0.3, -0.25) is 4.79 Å². The zero-order valence-electron chi connectivity index (χ0n) is 12.3. The van der Waals surface area contributed by atoms with Gasteiger partial charge in [0.15, 0.2) is 0 Å². The minimum Gasteiger partial charge on any atom is -0.337 e. The van der Waals surface area contributed by atoms with Crippen molar-refractivity contribution < 1.29 is 13.2 Å². The Kier molecular flexibility index (Phi) is 4.36. The van der Waals surface area contributed by atoms with Gasteiger partial charge >= 0.3 is 0 Å². The monoisotopic (exact) mass is 311 g/mol. The highest BCUT2D eigenvalue weighted by atomic mass is 32.2. The van der Waals surface area contributed by atoms with Gasteiger partial charge in [0.25, 0.3) is 5.91 Å². The first-order valence-corrected chi connectivity index (χ1v) is 8.43. The number of nitrogens with zero attached hydrogens (tertiary/aromatic N) is 1. The molecule has 1 aliphatic rings. The van der Waals surface area contributed by atoms with Crippen LogP contribution in [-0.4, -0.2) is 38.4 Å². The second-order valence-electron chi connectivity index (χ2n) is 5.61. The molecule has 116 valence electrons. The van der Waals surface area contributed by atoms with E-state index in [1.165, 1.54) is 6.07 Å². The summed E-state index contributed by atoms with van der Waals surface area (Å²) in [7, 11) is -3.85. The van der Waals surface area contributed by atoms with E-state index in [9.17, 15) is 13.2 Å². The third-order valence-corrected chi connectivity index (χ3v) is 4.96. The molecule has 4 N–H and O–H groups in total. The maximum Gasteiger partial charge on any atom is 0.253 e. The Labute approximate surface area is 125 Å². The van der Waals surface area contributed by atoms with Gasteiger partial charge in [0.2, 0.25) is 10.0 Å². The molecule has 6 nitrogen and oxygen atoms in total. The molecule has 7 heteroatoms. The fourth-order valence-electron chi connectivity index (χ4n) is 2.62. The van der Waals surface area contributed by atoms with Crippen molar-refractivity contribution in [2.45, 2.75) is 37.6 Å². The zero-order chi connectivity index (χ0) is 15.8. The van der Waals surface area contributed by atoms with Gasteiger partial charge in [-0.2, -0.15) is 0 Å². The first-order chi connectivity index (χ1) is 9.70. The quantitative estimate of drug-likeness (QED) is 0.830. The molecular formula is C14H21N3O3S. The van der Waals surface area contributed by atoms with E-state index in [0.717, 1.165) is 18.4 Å². The molecule has 1 unspecified atom stereocenters. The third kappa shape index (κ3) is 3.42. The first-order valence-electron chi connectivity index (χ1n) is 6.89. The Bertz CT molecular complexity index is 670. The summed E-state index contributed by atoms with van der Waals surface area (Å²) < 4.78 is 23.3. The average molecular weight is 311 g/mol. The van der Waals surface area contributed by atoms with Crippen molar-refractivity contribution in [1.82, 2.24) is 4.90 Å². The number of likely N-dealkylation sites (tertiary alicyclic amines) is 1. The molecule has 1 aromatic carbocycles. The molecule has 2 rings (SSSR count). The fourth-order valence-corrected chi connectivity index (χ4v) is 3.50. The lowest BCUT2D eigenvalue weighted by Crippen LogP contribution is -2.45. The number of nitrogens with two attached hydrogens (primary N) is 2. The second-order valence-corrected chi connectivity index (χ2v) is 7.14. The standard InChI is InChI=1S/C14H21N3O3S/c1-9-6-11(7-13(10(9)2)21(16,19)20)14(18)17-5-3-4-12(15)8-17/h6-7,12H,3-5,8,15H2,1-2H3,(H2,16,19,20). The van der Waals surface area contributed by atoms with Gasteiger partial charge < -0.3 is 10.6 Å². The minimum atomic E-state index is -3.85. The maximum atomic E-state index is 12.5. The van der Waals surface area contributed by atoms with Crippen molar-refractivity contribution in [3.63, 3.8) is 0 Å². The Morgan fingerprint density at radius 1 is 1.33 bits per heavy atom. The van der Waals surface area contributed by atoms with Crippen LogP contribution in [0.3, 0.4) is 0 Å². The van der Waals surface area contributed by atoms with Crippen LogP contribution < -0.4 is 10.9 Å². The molecule has 21 heavy (non-hydrogen) atoms. The summed E-state index contributed by atoms with van der Waals surface area (Å²) >= 11 is 0. The molecular weight excluding hydrogens is 290 g/mol. The number of carbonyl (C=O) groups excluding carboxylic acids is 1. The Morgan fingerprint density at radius 2 is 2.00 bits per heavy atom. The topological polar surface area (TPSA) is 106 Å². The van der Waals surface area contributed by atoms with Crippen LogP contribution in [0.2, 0.25) is 0 Å². The molecule has 0 saturated carbocycles. The van der Waals surface area contributed by atoms with Crippen LogP contribution >= 0.6 is 0 Å². The van der Waals surface area contributed by atoms with Crippen LogP contribution in [-0.2, 0) is 10.0 Å². The number of carbonyl (C=O) groups is 1. The third-order valence-electron chi connectivity index (χ3n) is 3.92. The van der Waals surface area contributed by atoms with Crippen LogP contribution in [0.15, 0.2) is 17.0 Å². The van der Waals surface area contributed by atoms with Crippen molar-refractivity contribution in [3.05, 3.63) is 28.8 Å². The first kappa shape index (κ1) is 15.9. The van der Waals surface area contributed by atoms with Gasteiger partial charge in [0, 0.05) is 24.7 Å². The molecule has 0 aliphatic carbocycles. The predicted octanol–water partition coefficient (Wildman–Crippen LogP) is 0.514. The Hall–Kier alpha value is -1.44. The van der Waals surface area contributed by atoms with Crippen molar-refractivity contribution in [2.75, 3.05) is 13.1 Å². The summed E-state index contributed by atoms with van der Waals surface area (Å²) in [5.74, 6) is -0.196. The number of amides is 1. The molecule has 0 spiro atoms. The van der Waals surface area contributed by atoms with Crippen molar-refractivity contribution in [1.29, 1.82) is 0 Å². The largest absolute Gasteiger partial charge is 0.337 e. The molecule has 0 radical (unpaired) electrons. The number of aryl methyl sites for hydroxylation is 1. The van der Waals surface area contributed by atoms with Crippen molar-refractivity contribution >= 4 is 15.9 Å². The summed E-state index contributed by atoms with van der Waals surface area (Å²) in [6.45, 7) is 4.59. The van der Waals surface area contributed by atoms with E-state index in [4.69, 9.17) is 10.9 Å². The van der Waals surface area contributed by atoms with Crippen LogP contribution in [0.5, 0.6) is 0 Å². The van der Waals surface area contributed by atoms with E-state index in [1.54, 1.807) is 24.8 Å². The van der Waals surface area contributed by atoms with E-state index >= 15 is 0 Å². The molecule has 1 aliphatic heterocycles. The molecule has 1 saturated heterocycles. The Balaban J connectivity index is 2.40. The number of sulfonamides is 1. The van der Waals surface area contributed by atoms with Gasteiger partial charge in [0.05, 0.1) is 4.90 Å². The van der Waals surface area contributed by atoms with Crippen LogP contribution in [0.4, 0.5) is 0 Å². The zero-order valence-corrected chi connectivity index (χ0v) is 13.1. The van der Waals surface area contributed by atoms with Gasteiger partial charge in [-0.25, -0.2) is 13.6 Å². The molecule has 1 fully saturated rings. The summed E-state index contributed by atoms with van der Waals surface area (Å²) in [6.07, 6.45) is 1.76. The number of primary sulfonamides is 1. The van der Waals surface area contributed by atoms with Crippen LogP contribution in [0.25, 0.3) is 0 Å². The summed E-state index contributed by atoms with van der Waals surface area (Å²) in [5.41, 5.74) is 7.53. The lowest BCUT2D eigenvalue weighted by Gasteiger charge is -2.31. The van der Waals surface area contributed by atoms with Gasteiger partial charge in [-0.05, 0) is 49.9 Å². The normalized spacial score (nSPS) is 19.6. The van der Waals surface area contributed by atoms with Crippen molar-refractivity contribution in [2.24, 2.45) is 10.9 Å². The Morgan fingerprint density at radius 3 is 2.57 bits per heavy atom. The molecule has 0 aromatic heterocycles. The summed E-state index contributed by atoms with van der Waals surface area (Å²) in [4.78, 5) is 14.2. The molecule has 1 aromatic rings. The van der Waals surface area contributed by atoms with Crippen LogP contribution in [0.1, 0.15) is 34.3 Å². The SMILES string of the molecule is Cc1cc(C(=O)N2CCCC(N)C2)cc(S(N)(=O)=O)c1C. The summed E-state index contributed by atoms with van der Waals surface area (Å²) in [6, 6.07) is 3.04. The predicted molar refractivity (Wildman–Crippen MR) is 80.4 cm³/mol. The van der Waals surface area contributed by atoms with E-state index in [1.807, 2.05) is 0 Å². The van der Waals surface area contributed by atoms with E-state index in [2.05, 4.69) is 0 Å². The van der Waals surface area contributed by atoms with Crippen molar-refractivity contribution in [3.8, 4) is 0 Å². The number of hydrogen-bond acceptors (Lipinski definition) is 4. The van der Waals surface area contributed by atoms with E-state index < -0.39 is 10.0 Å². The number of benzene rings is 1. The highest BCUT2D eigenvalue weighted by Crippen LogP contribution is 2.22. The molecule has 1 heterocycles. The van der Waals surface area contributed by atoms with E-state index in [0.29, 0.717) is 24.2 Å². The molecule has 1 atom stereocenters. The van der Waals surface area contributed by atoms with E-state index in [-0.39, 0.29) is 16.8 Å². The highest BCUT2D eigenvalue weighted by Gasteiger charge is 2.24. The fraction of sp³-hybridized carbons (Fsp3) is 0.500. The number of hydrogen-bond donors (Lipinski definition) is 2. The van der Waals surface area contributed by atoms with Crippen LogP contribution in [0, 0.1) is 13.8 Å². The minimum absolute atomic E-state index is 0.00663. The molecule has 1 amide bonds. The van der Waals surface area contributed by atoms with Gasteiger partial charge in [-0.1, -0.05) is 0 Å². The molecule has 0 bridgehead atoms. The maximum absolute atomic E-state index is 12.5. The lowest BCUT2D eigenvalue weighted by molar-refractivity contribution is 0.0708. The smallest absolute Gasteiger partial charge is 0.253 e.